The van der Waals surface area contributed by atoms with Crippen LogP contribution in [0.2, 0.25) is 0 Å². The Morgan fingerprint density at radius 3 is 2.55 bits per heavy atom. The van der Waals surface area contributed by atoms with Gasteiger partial charge in [0.1, 0.15) is 10.7 Å². The van der Waals surface area contributed by atoms with Crippen LogP contribution in [0.15, 0.2) is 33.3 Å². The zero-order valence-corrected chi connectivity index (χ0v) is 13.7. The van der Waals surface area contributed by atoms with Gasteiger partial charge in [-0.1, -0.05) is 30.2 Å². The summed E-state index contributed by atoms with van der Waals surface area (Å²) in [5.74, 6) is -0.781. The van der Waals surface area contributed by atoms with Gasteiger partial charge in [-0.05, 0) is 25.0 Å². The van der Waals surface area contributed by atoms with E-state index < -0.39 is 15.7 Å². The van der Waals surface area contributed by atoms with E-state index in [-0.39, 0.29) is 15.8 Å². The van der Waals surface area contributed by atoms with E-state index in [1.165, 1.54) is 12.1 Å². The van der Waals surface area contributed by atoms with Gasteiger partial charge >= 0.3 is 4.87 Å². The predicted octanol–water partition coefficient (Wildman–Crippen LogP) is 3.23. The number of benzene rings is 1. The zero-order valence-electron chi connectivity index (χ0n) is 12.1. The maximum atomic E-state index is 14.1. The first-order valence-electron chi connectivity index (χ1n) is 7.08. The first kappa shape index (κ1) is 15.4. The quantitative estimate of drug-likeness (QED) is 0.861. The highest BCUT2D eigenvalue weighted by Crippen LogP contribution is 2.33. The van der Waals surface area contributed by atoms with E-state index in [1.54, 1.807) is 16.0 Å². The Bertz CT molecular complexity index is 861. The van der Waals surface area contributed by atoms with Crippen molar-refractivity contribution in [3.63, 3.8) is 0 Å². The minimum atomic E-state index is -3.59. The molecule has 3 rings (SSSR count). The minimum Gasteiger partial charge on any atom is -0.296 e. The molecule has 1 fully saturated rings. The van der Waals surface area contributed by atoms with Gasteiger partial charge in [0, 0.05) is 23.2 Å². The molecule has 1 heterocycles. The van der Waals surface area contributed by atoms with Crippen molar-refractivity contribution in [3.8, 4) is 11.3 Å². The van der Waals surface area contributed by atoms with Crippen LogP contribution in [0.4, 0.5) is 4.39 Å². The molecule has 7 heteroatoms. The molecule has 1 aliphatic rings. The third-order valence-corrected chi connectivity index (χ3v) is 5.91. The largest absolute Gasteiger partial charge is 0.307 e. The van der Waals surface area contributed by atoms with Gasteiger partial charge < -0.3 is 0 Å². The van der Waals surface area contributed by atoms with Crippen LogP contribution < -0.4 is 4.87 Å². The fourth-order valence-electron chi connectivity index (χ4n) is 2.99. The zero-order chi connectivity index (χ0) is 15.9. The molecule has 0 spiro atoms. The summed E-state index contributed by atoms with van der Waals surface area (Å²) in [7, 11) is -3.59. The lowest BCUT2D eigenvalue weighted by molar-refractivity contribution is 0.516. The van der Waals surface area contributed by atoms with E-state index in [0.29, 0.717) is 11.3 Å². The Balaban J connectivity index is 2.09. The van der Waals surface area contributed by atoms with Crippen LogP contribution >= 0.6 is 11.3 Å². The monoisotopic (exact) mass is 341 g/mol. The second-order valence-electron chi connectivity index (χ2n) is 5.61. The summed E-state index contributed by atoms with van der Waals surface area (Å²) in [6.45, 7) is 0. The van der Waals surface area contributed by atoms with Gasteiger partial charge in [0.25, 0.3) is 0 Å². The average Bonchev–Trinajstić information content (AvgIpc) is 3.05. The number of halogens is 1. The topological polar surface area (TPSA) is 56.1 Å². The van der Waals surface area contributed by atoms with Gasteiger partial charge in [-0.15, -0.1) is 0 Å². The summed E-state index contributed by atoms with van der Waals surface area (Å²) in [5, 5.41) is 1.72. The lowest BCUT2D eigenvalue weighted by Gasteiger charge is -2.15. The molecule has 0 atom stereocenters. The van der Waals surface area contributed by atoms with Crippen molar-refractivity contribution in [2.75, 3.05) is 6.26 Å². The first-order chi connectivity index (χ1) is 10.4. The Labute approximate surface area is 132 Å². The molecular weight excluding hydrogens is 325 g/mol. The molecule has 1 aromatic heterocycles. The molecule has 0 amide bonds. The number of rotatable bonds is 3. The highest BCUT2D eigenvalue weighted by Gasteiger charge is 2.23. The van der Waals surface area contributed by atoms with Crippen LogP contribution in [0.3, 0.4) is 0 Å². The highest BCUT2D eigenvalue weighted by atomic mass is 32.2. The number of hydrogen-bond acceptors (Lipinski definition) is 4. The maximum absolute atomic E-state index is 14.1. The second kappa shape index (κ2) is 5.62. The van der Waals surface area contributed by atoms with Gasteiger partial charge in [-0.2, -0.15) is 0 Å². The van der Waals surface area contributed by atoms with Gasteiger partial charge in [0.05, 0.1) is 5.69 Å². The van der Waals surface area contributed by atoms with Gasteiger partial charge in [0.15, 0.2) is 9.84 Å². The van der Waals surface area contributed by atoms with Gasteiger partial charge in [-0.3, -0.25) is 9.36 Å². The fourth-order valence-corrected chi connectivity index (χ4v) is 4.55. The van der Waals surface area contributed by atoms with E-state index in [0.717, 1.165) is 43.3 Å². The molecular formula is C15H16FNO3S2. The third-order valence-electron chi connectivity index (χ3n) is 4.04. The second-order valence-corrected chi connectivity index (χ2v) is 8.42. The summed E-state index contributed by atoms with van der Waals surface area (Å²) >= 11 is 1.10. The molecule has 22 heavy (non-hydrogen) atoms. The number of nitrogens with zero attached hydrogens (tertiary/aromatic N) is 1. The average molecular weight is 341 g/mol. The van der Waals surface area contributed by atoms with Gasteiger partial charge in [0.2, 0.25) is 0 Å². The smallest absolute Gasteiger partial charge is 0.296 e. The molecule has 2 aromatic rings. The lowest BCUT2D eigenvalue weighted by atomic mass is 10.1. The lowest BCUT2D eigenvalue weighted by Crippen LogP contribution is -2.18. The van der Waals surface area contributed by atoms with E-state index in [4.69, 9.17) is 0 Å². The third kappa shape index (κ3) is 2.75. The summed E-state index contributed by atoms with van der Waals surface area (Å²) < 4.78 is 38.8. The Hall–Kier alpha value is -1.47. The van der Waals surface area contributed by atoms with Crippen LogP contribution in [0.1, 0.15) is 31.7 Å². The van der Waals surface area contributed by atoms with Crippen molar-refractivity contribution >= 4 is 21.2 Å². The van der Waals surface area contributed by atoms with Crippen LogP contribution in [0, 0.1) is 5.82 Å². The van der Waals surface area contributed by atoms with Crippen molar-refractivity contribution in [2.24, 2.45) is 0 Å². The van der Waals surface area contributed by atoms with E-state index >= 15 is 0 Å². The molecule has 0 N–H and O–H groups in total. The molecule has 118 valence electrons. The van der Waals surface area contributed by atoms with Crippen LogP contribution in [0.5, 0.6) is 0 Å². The Morgan fingerprint density at radius 1 is 1.27 bits per heavy atom. The summed E-state index contributed by atoms with van der Waals surface area (Å²) in [5.41, 5.74) is 1.20. The van der Waals surface area contributed by atoms with Crippen molar-refractivity contribution in [3.05, 3.63) is 39.1 Å². The van der Waals surface area contributed by atoms with E-state index in [9.17, 15) is 17.6 Å². The standard InChI is InChI=1S/C15H16FNO3S2/c1-22(19,20)14-7-6-10(8-12(14)16)13-9-21-15(18)17(13)11-4-2-3-5-11/h6-9,11H,2-5H2,1H3. The number of hydrogen-bond donors (Lipinski definition) is 0. The normalized spacial score (nSPS) is 16.3. The molecule has 0 aliphatic heterocycles. The number of thiazole rings is 1. The summed E-state index contributed by atoms with van der Waals surface area (Å²) in [4.78, 5) is 11.7. The minimum absolute atomic E-state index is 0.0468. The molecule has 4 nitrogen and oxygen atoms in total. The van der Waals surface area contributed by atoms with E-state index in [2.05, 4.69) is 0 Å². The molecule has 1 saturated carbocycles. The SMILES string of the molecule is CS(=O)(=O)c1ccc(-c2csc(=O)n2C2CCCC2)cc1F. The molecule has 0 unspecified atom stereocenters. The highest BCUT2D eigenvalue weighted by molar-refractivity contribution is 7.90. The molecule has 0 saturated heterocycles. The fraction of sp³-hybridized carbons (Fsp3) is 0.400. The first-order valence-corrected chi connectivity index (χ1v) is 9.85. The Morgan fingerprint density at radius 2 is 1.95 bits per heavy atom. The van der Waals surface area contributed by atoms with Crippen LogP contribution in [-0.4, -0.2) is 19.2 Å². The molecule has 1 aliphatic carbocycles. The molecule has 1 aromatic carbocycles. The van der Waals surface area contributed by atoms with Crippen molar-refractivity contribution in [1.29, 1.82) is 0 Å². The van der Waals surface area contributed by atoms with E-state index in [1.807, 2.05) is 0 Å². The van der Waals surface area contributed by atoms with Crippen LogP contribution in [-0.2, 0) is 9.84 Å². The molecule has 0 radical (unpaired) electrons. The number of sulfone groups is 1. The summed E-state index contributed by atoms with van der Waals surface area (Å²) in [6.07, 6.45) is 5.06. The predicted molar refractivity (Wildman–Crippen MR) is 84.6 cm³/mol. The number of aromatic nitrogens is 1. The van der Waals surface area contributed by atoms with Gasteiger partial charge in [-0.25, -0.2) is 12.8 Å². The summed E-state index contributed by atoms with van der Waals surface area (Å²) in [6, 6.07) is 4.18. The molecule has 0 bridgehead atoms. The Kier molecular flexibility index (Phi) is 3.94. The van der Waals surface area contributed by atoms with Crippen molar-refractivity contribution in [2.45, 2.75) is 36.6 Å². The van der Waals surface area contributed by atoms with Crippen molar-refractivity contribution < 1.29 is 12.8 Å². The van der Waals surface area contributed by atoms with Crippen molar-refractivity contribution in [1.82, 2.24) is 4.57 Å². The maximum Gasteiger partial charge on any atom is 0.307 e. The van der Waals surface area contributed by atoms with Crippen LogP contribution in [0.25, 0.3) is 11.3 Å².